The summed E-state index contributed by atoms with van der Waals surface area (Å²) >= 11 is 0. The number of nitrogens with zero attached hydrogens (tertiary/aromatic N) is 3. The van der Waals surface area contributed by atoms with E-state index in [4.69, 9.17) is 4.74 Å². The number of ether oxygens (including phenoxy) is 1. The van der Waals surface area contributed by atoms with Gasteiger partial charge in [0.05, 0.1) is 24.8 Å². The second kappa shape index (κ2) is 8.21. The van der Waals surface area contributed by atoms with E-state index < -0.39 is 6.04 Å². The van der Waals surface area contributed by atoms with Crippen LogP contribution in [0.1, 0.15) is 13.3 Å². The Morgan fingerprint density at radius 2 is 1.55 bits per heavy atom. The Labute approximate surface area is 169 Å². The first-order chi connectivity index (χ1) is 14.1. The van der Waals surface area contributed by atoms with Gasteiger partial charge in [-0.05, 0) is 55.5 Å². The molecule has 0 radical (unpaired) electrons. The zero-order chi connectivity index (χ0) is 20.4. The van der Waals surface area contributed by atoms with Crippen LogP contribution < -0.4 is 14.5 Å². The van der Waals surface area contributed by atoms with E-state index in [2.05, 4.69) is 9.80 Å². The number of amides is 2. The van der Waals surface area contributed by atoms with Gasteiger partial charge in [0.2, 0.25) is 5.91 Å². The molecule has 1 atom stereocenters. The van der Waals surface area contributed by atoms with Crippen LogP contribution in [0.2, 0.25) is 0 Å². The van der Waals surface area contributed by atoms with Crippen molar-refractivity contribution in [2.24, 2.45) is 0 Å². The van der Waals surface area contributed by atoms with Gasteiger partial charge in [0.15, 0.2) is 0 Å². The molecular formula is C22H24FN3O3. The average molecular weight is 397 g/mol. The first-order valence-corrected chi connectivity index (χ1v) is 9.91. The number of imide groups is 1. The molecule has 0 spiro atoms. The number of benzene rings is 2. The molecular weight excluding hydrogens is 373 g/mol. The zero-order valence-electron chi connectivity index (χ0n) is 16.4. The lowest BCUT2D eigenvalue weighted by Crippen LogP contribution is -2.52. The van der Waals surface area contributed by atoms with Crippen LogP contribution in [0.4, 0.5) is 15.8 Å². The quantitative estimate of drug-likeness (QED) is 0.726. The highest BCUT2D eigenvalue weighted by molar-refractivity contribution is 6.22. The normalized spacial score (nSPS) is 20.4. The van der Waals surface area contributed by atoms with Crippen molar-refractivity contribution in [3.8, 4) is 5.75 Å². The molecule has 0 bridgehead atoms. The van der Waals surface area contributed by atoms with E-state index in [9.17, 15) is 14.0 Å². The van der Waals surface area contributed by atoms with Crippen molar-refractivity contribution in [3.05, 3.63) is 54.3 Å². The van der Waals surface area contributed by atoms with E-state index in [-0.39, 0.29) is 24.1 Å². The number of rotatable bonds is 5. The summed E-state index contributed by atoms with van der Waals surface area (Å²) in [6.45, 7) is 5.28. The van der Waals surface area contributed by atoms with E-state index in [0.29, 0.717) is 31.1 Å². The van der Waals surface area contributed by atoms with E-state index in [1.165, 1.54) is 17.0 Å². The maximum absolute atomic E-state index is 13.1. The lowest BCUT2D eigenvalue weighted by atomic mass is 10.1. The molecule has 0 unspecified atom stereocenters. The second-order valence-electron chi connectivity index (χ2n) is 7.21. The van der Waals surface area contributed by atoms with Gasteiger partial charge in [-0.25, -0.2) is 9.29 Å². The van der Waals surface area contributed by atoms with Crippen molar-refractivity contribution in [3.63, 3.8) is 0 Å². The van der Waals surface area contributed by atoms with Gasteiger partial charge >= 0.3 is 0 Å². The fourth-order valence-electron chi connectivity index (χ4n) is 3.97. The molecule has 2 aliphatic heterocycles. The predicted molar refractivity (Wildman–Crippen MR) is 109 cm³/mol. The molecule has 0 N–H and O–H groups in total. The first-order valence-electron chi connectivity index (χ1n) is 9.91. The van der Waals surface area contributed by atoms with Gasteiger partial charge < -0.3 is 9.64 Å². The minimum atomic E-state index is -0.426. The summed E-state index contributed by atoms with van der Waals surface area (Å²) in [6.07, 6.45) is 0.197. The third-order valence-electron chi connectivity index (χ3n) is 5.48. The fraction of sp³-hybridized carbons (Fsp3) is 0.364. The minimum absolute atomic E-state index is 0.172. The van der Waals surface area contributed by atoms with Crippen LogP contribution in [0.15, 0.2) is 48.5 Å². The van der Waals surface area contributed by atoms with Crippen molar-refractivity contribution >= 4 is 23.2 Å². The smallest absolute Gasteiger partial charge is 0.251 e. The molecule has 2 fully saturated rings. The van der Waals surface area contributed by atoms with E-state index >= 15 is 0 Å². The molecule has 2 amide bonds. The Hall–Kier alpha value is -2.93. The average Bonchev–Trinajstić information content (AvgIpc) is 3.04. The maximum atomic E-state index is 13.1. The molecule has 2 heterocycles. The van der Waals surface area contributed by atoms with Crippen molar-refractivity contribution in [1.82, 2.24) is 4.90 Å². The van der Waals surface area contributed by atoms with Crippen LogP contribution in [-0.2, 0) is 9.59 Å². The Bertz CT molecular complexity index is 877. The molecule has 0 aromatic heterocycles. The Morgan fingerprint density at radius 1 is 0.931 bits per heavy atom. The number of anilines is 2. The van der Waals surface area contributed by atoms with Crippen molar-refractivity contribution in [2.75, 3.05) is 42.6 Å². The Kier molecular flexibility index (Phi) is 5.49. The van der Waals surface area contributed by atoms with Gasteiger partial charge in [-0.3, -0.25) is 14.5 Å². The molecule has 0 aliphatic carbocycles. The first kappa shape index (κ1) is 19.4. The number of piperazine rings is 1. The van der Waals surface area contributed by atoms with E-state index in [1.807, 2.05) is 6.92 Å². The van der Waals surface area contributed by atoms with Crippen LogP contribution in [0.3, 0.4) is 0 Å². The van der Waals surface area contributed by atoms with Gasteiger partial charge in [-0.1, -0.05) is 0 Å². The van der Waals surface area contributed by atoms with Crippen LogP contribution >= 0.6 is 0 Å². The summed E-state index contributed by atoms with van der Waals surface area (Å²) < 4.78 is 18.6. The highest BCUT2D eigenvalue weighted by Crippen LogP contribution is 2.28. The van der Waals surface area contributed by atoms with Gasteiger partial charge in [-0.15, -0.1) is 0 Å². The topological polar surface area (TPSA) is 53.1 Å². The summed E-state index contributed by atoms with van der Waals surface area (Å²) in [6, 6.07) is 13.1. The standard InChI is InChI=1S/C22H24FN3O3/c1-2-29-19-9-7-18(8-10-19)26-21(27)15-20(22(26)28)25-13-11-24(12-14-25)17-5-3-16(23)4-6-17/h3-10,20H,2,11-15H2,1H3/t20-/m0/s1. The number of carbonyl (C=O) groups is 2. The third kappa shape index (κ3) is 3.96. The molecule has 7 heteroatoms. The predicted octanol–water partition coefficient (Wildman–Crippen LogP) is 2.68. The number of hydrogen-bond donors (Lipinski definition) is 0. The minimum Gasteiger partial charge on any atom is -0.494 e. The summed E-state index contributed by atoms with van der Waals surface area (Å²) in [5, 5.41) is 0. The van der Waals surface area contributed by atoms with Crippen LogP contribution in [0.25, 0.3) is 0 Å². The van der Waals surface area contributed by atoms with Crippen LogP contribution in [0.5, 0.6) is 5.75 Å². The maximum Gasteiger partial charge on any atom is 0.251 e. The van der Waals surface area contributed by atoms with Gasteiger partial charge in [0.1, 0.15) is 11.6 Å². The van der Waals surface area contributed by atoms with E-state index in [0.717, 1.165) is 18.8 Å². The molecule has 2 aliphatic rings. The Morgan fingerprint density at radius 3 is 2.17 bits per heavy atom. The molecule has 4 rings (SSSR count). The largest absolute Gasteiger partial charge is 0.494 e. The van der Waals surface area contributed by atoms with Crippen molar-refractivity contribution in [2.45, 2.75) is 19.4 Å². The second-order valence-corrected chi connectivity index (χ2v) is 7.21. The van der Waals surface area contributed by atoms with E-state index in [1.54, 1.807) is 36.4 Å². The number of halogens is 1. The zero-order valence-corrected chi connectivity index (χ0v) is 16.4. The molecule has 2 aromatic rings. The molecule has 2 saturated heterocycles. The third-order valence-corrected chi connectivity index (χ3v) is 5.48. The molecule has 152 valence electrons. The summed E-state index contributed by atoms with van der Waals surface area (Å²) in [4.78, 5) is 31.1. The molecule has 6 nitrogen and oxygen atoms in total. The molecule has 0 saturated carbocycles. The summed E-state index contributed by atoms with van der Waals surface area (Å²) in [5.41, 5.74) is 1.55. The molecule has 29 heavy (non-hydrogen) atoms. The summed E-state index contributed by atoms with van der Waals surface area (Å²) in [7, 11) is 0. The Balaban J connectivity index is 1.40. The lowest BCUT2D eigenvalue weighted by molar-refractivity contribution is -0.123. The van der Waals surface area contributed by atoms with Crippen LogP contribution in [-0.4, -0.2) is 55.5 Å². The van der Waals surface area contributed by atoms with Gasteiger partial charge in [0.25, 0.3) is 5.91 Å². The molecule has 2 aromatic carbocycles. The van der Waals surface area contributed by atoms with Crippen molar-refractivity contribution < 1.29 is 18.7 Å². The van der Waals surface area contributed by atoms with Gasteiger partial charge in [0, 0.05) is 31.9 Å². The number of carbonyl (C=O) groups excluding carboxylic acids is 2. The van der Waals surface area contributed by atoms with Crippen molar-refractivity contribution in [1.29, 1.82) is 0 Å². The monoisotopic (exact) mass is 397 g/mol. The van der Waals surface area contributed by atoms with Crippen LogP contribution in [0, 0.1) is 5.82 Å². The lowest BCUT2D eigenvalue weighted by Gasteiger charge is -2.38. The SMILES string of the molecule is CCOc1ccc(N2C(=O)C[C@H](N3CCN(c4ccc(F)cc4)CC3)C2=O)cc1. The van der Waals surface area contributed by atoms with Gasteiger partial charge in [-0.2, -0.15) is 0 Å². The highest BCUT2D eigenvalue weighted by atomic mass is 19.1. The summed E-state index contributed by atoms with van der Waals surface area (Å²) in [5.74, 6) is 0.111. The highest BCUT2D eigenvalue weighted by Gasteiger charge is 2.43. The number of hydrogen-bond acceptors (Lipinski definition) is 5. The fourth-order valence-corrected chi connectivity index (χ4v) is 3.97.